The summed E-state index contributed by atoms with van der Waals surface area (Å²) in [5, 5.41) is 14.0. The van der Waals surface area contributed by atoms with E-state index in [2.05, 4.69) is 20.4 Å². The predicted octanol–water partition coefficient (Wildman–Crippen LogP) is 2.06. The molecule has 1 aromatic rings. The first kappa shape index (κ1) is 12.4. The van der Waals surface area contributed by atoms with Crippen LogP contribution in [0.5, 0.6) is 0 Å². The molecule has 2 fully saturated rings. The number of piperidine rings is 2. The molecule has 5 heteroatoms. The molecule has 0 atom stereocenters. The van der Waals surface area contributed by atoms with Crippen LogP contribution >= 0.6 is 11.3 Å². The van der Waals surface area contributed by atoms with Gasteiger partial charge in [0.2, 0.25) is 5.13 Å². The Morgan fingerprint density at radius 2 is 1.72 bits per heavy atom. The van der Waals surface area contributed by atoms with E-state index in [1.54, 1.807) is 11.3 Å². The lowest BCUT2D eigenvalue weighted by Crippen LogP contribution is -2.39. The van der Waals surface area contributed by atoms with Crippen molar-refractivity contribution in [2.75, 3.05) is 31.1 Å². The molecule has 0 aromatic carbocycles. The van der Waals surface area contributed by atoms with Crippen molar-refractivity contribution in [1.29, 1.82) is 0 Å². The largest absolute Gasteiger partial charge is 0.347 e. The lowest BCUT2D eigenvalue weighted by Gasteiger charge is -2.37. The van der Waals surface area contributed by atoms with Crippen LogP contribution in [0.2, 0.25) is 0 Å². The Morgan fingerprint density at radius 1 is 1.06 bits per heavy atom. The molecule has 0 radical (unpaired) electrons. The lowest BCUT2D eigenvalue weighted by molar-refractivity contribution is 0.222. The van der Waals surface area contributed by atoms with Crippen molar-refractivity contribution >= 4 is 16.5 Å². The molecule has 4 nitrogen and oxygen atoms in total. The molecular weight excluding hydrogens is 244 g/mol. The van der Waals surface area contributed by atoms with Gasteiger partial charge in [0.05, 0.1) is 0 Å². The van der Waals surface area contributed by atoms with E-state index in [9.17, 15) is 0 Å². The van der Waals surface area contributed by atoms with Gasteiger partial charge in [-0.05, 0) is 57.5 Å². The fourth-order valence-corrected chi connectivity index (χ4v) is 4.03. The van der Waals surface area contributed by atoms with Gasteiger partial charge in [-0.1, -0.05) is 11.3 Å². The van der Waals surface area contributed by atoms with E-state index in [0.717, 1.165) is 22.0 Å². The third-order valence-electron chi connectivity index (χ3n) is 4.38. The number of hydrogen-bond donors (Lipinski definition) is 1. The van der Waals surface area contributed by atoms with Crippen molar-refractivity contribution in [3.8, 4) is 0 Å². The van der Waals surface area contributed by atoms with Crippen LogP contribution in [0.25, 0.3) is 0 Å². The first-order valence-electron chi connectivity index (χ1n) is 7.08. The molecular formula is C13H22N4S. The van der Waals surface area contributed by atoms with Crippen LogP contribution < -0.4 is 10.2 Å². The Morgan fingerprint density at radius 3 is 2.33 bits per heavy atom. The Hall–Kier alpha value is -0.680. The van der Waals surface area contributed by atoms with E-state index >= 15 is 0 Å². The summed E-state index contributed by atoms with van der Waals surface area (Å²) in [6.45, 7) is 6.82. The quantitative estimate of drug-likeness (QED) is 0.889. The molecule has 1 N–H and O–H groups in total. The molecule has 2 aliphatic rings. The third-order valence-corrected chi connectivity index (χ3v) is 5.28. The average Bonchev–Trinajstić information content (AvgIpc) is 2.87. The van der Waals surface area contributed by atoms with Crippen molar-refractivity contribution in [3.05, 3.63) is 5.01 Å². The fourth-order valence-electron chi connectivity index (χ4n) is 3.29. The molecule has 100 valence electrons. The topological polar surface area (TPSA) is 41.1 Å². The number of nitrogens with one attached hydrogen (secondary N) is 1. The van der Waals surface area contributed by atoms with E-state index < -0.39 is 0 Å². The van der Waals surface area contributed by atoms with Crippen LogP contribution in [-0.2, 0) is 0 Å². The molecule has 0 bridgehead atoms. The van der Waals surface area contributed by atoms with E-state index in [0.29, 0.717) is 0 Å². The maximum atomic E-state index is 4.26. The summed E-state index contributed by atoms with van der Waals surface area (Å²) in [4.78, 5) is 2.42. The Balaban J connectivity index is 1.54. The summed E-state index contributed by atoms with van der Waals surface area (Å²) in [6, 6.07) is 0. The molecule has 0 amide bonds. The van der Waals surface area contributed by atoms with Crippen molar-refractivity contribution in [3.63, 3.8) is 0 Å². The average molecular weight is 266 g/mol. The van der Waals surface area contributed by atoms with Gasteiger partial charge in [-0.2, -0.15) is 0 Å². The van der Waals surface area contributed by atoms with Gasteiger partial charge < -0.3 is 10.2 Å². The highest BCUT2D eigenvalue weighted by molar-refractivity contribution is 7.15. The fraction of sp³-hybridized carbons (Fsp3) is 0.846. The van der Waals surface area contributed by atoms with Crippen LogP contribution in [0, 0.1) is 18.8 Å². The second-order valence-corrected chi connectivity index (χ2v) is 6.68. The van der Waals surface area contributed by atoms with Gasteiger partial charge in [0, 0.05) is 13.1 Å². The van der Waals surface area contributed by atoms with Gasteiger partial charge in [-0.15, -0.1) is 10.2 Å². The summed E-state index contributed by atoms with van der Waals surface area (Å²) in [6.07, 6.45) is 5.43. The van der Waals surface area contributed by atoms with Crippen molar-refractivity contribution < 1.29 is 0 Å². The van der Waals surface area contributed by atoms with Gasteiger partial charge in [-0.3, -0.25) is 0 Å². The summed E-state index contributed by atoms with van der Waals surface area (Å²) < 4.78 is 0. The first-order valence-corrected chi connectivity index (χ1v) is 7.90. The molecule has 2 saturated heterocycles. The minimum Gasteiger partial charge on any atom is -0.347 e. The van der Waals surface area contributed by atoms with E-state index in [4.69, 9.17) is 0 Å². The predicted molar refractivity (Wildman–Crippen MR) is 75.2 cm³/mol. The number of hydrogen-bond acceptors (Lipinski definition) is 5. The highest BCUT2D eigenvalue weighted by atomic mass is 32.1. The van der Waals surface area contributed by atoms with E-state index in [1.165, 1.54) is 51.9 Å². The maximum Gasteiger partial charge on any atom is 0.208 e. The van der Waals surface area contributed by atoms with Gasteiger partial charge in [0.25, 0.3) is 0 Å². The number of anilines is 1. The van der Waals surface area contributed by atoms with Gasteiger partial charge in [0.1, 0.15) is 5.01 Å². The third kappa shape index (κ3) is 2.67. The van der Waals surface area contributed by atoms with Crippen LogP contribution in [-0.4, -0.2) is 36.4 Å². The first-order chi connectivity index (χ1) is 8.83. The summed E-state index contributed by atoms with van der Waals surface area (Å²) >= 11 is 1.72. The Bertz CT molecular complexity index is 378. The summed E-state index contributed by atoms with van der Waals surface area (Å²) in [5.74, 6) is 1.90. The second-order valence-electron chi connectivity index (χ2n) is 5.52. The number of rotatable bonds is 2. The molecule has 0 saturated carbocycles. The molecule has 0 spiro atoms. The van der Waals surface area contributed by atoms with Gasteiger partial charge in [-0.25, -0.2) is 0 Å². The van der Waals surface area contributed by atoms with Gasteiger partial charge >= 0.3 is 0 Å². The van der Waals surface area contributed by atoms with Gasteiger partial charge in [0.15, 0.2) is 0 Å². The zero-order valence-corrected chi connectivity index (χ0v) is 11.9. The number of aryl methyl sites for hydroxylation is 1. The summed E-state index contributed by atoms with van der Waals surface area (Å²) in [5.41, 5.74) is 0. The smallest absolute Gasteiger partial charge is 0.208 e. The van der Waals surface area contributed by atoms with E-state index in [1.807, 2.05) is 6.92 Å². The molecule has 3 rings (SSSR count). The minimum atomic E-state index is 0.942. The molecule has 0 aliphatic carbocycles. The molecule has 0 unspecified atom stereocenters. The zero-order valence-electron chi connectivity index (χ0n) is 11.1. The van der Waals surface area contributed by atoms with Crippen molar-refractivity contribution in [1.82, 2.24) is 15.5 Å². The standard InChI is InChI=1S/C13H22N4S/c1-10-15-16-13(18-10)17-8-4-12(5-9-17)11-2-6-14-7-3-11/h11-12,14H,2-9H2,1H3. The van der Waals surface area contributed by atoms with Crippen molar-refractivity contribution in [2.24, 2.45) is 11.8 Å². The molecule has 3 heterocycles. The number of aromatic nitrogens is 2. The highest BCUT2D eigenvalue weighted by Gasteiger charge is 2.28. The zero-order chi connectivity index (χ0) is 12.4. The minimum absolute atomic E-state index is 0.942. The second kappa shape index (κ2) is 5.53. The van der Waals surface area contributed by atoms with E-state index in [-0.39, 0.29) is 0 Å². The Labute approximate surface area is 113 Å². The number of nitrogens with zero attached hydrogens (tertiary/aromatic N) is 3. The molecule has 18 heavy (non-hydrogen) atoms. The maximum absolute atomic E-state index is 4.26. The SMILES string of the molecule is Cc1nnc(N2CCC(C3CCNCC3)CC2)s1. The monoisotopic (exact) mass is 266 g/mol. The molecule has 2 aliphatic heterocycles. The summed E-state index contributed by atoms with van der Waals surface area (Å²) in [7, 11) is 0. The highest BCUT2D eigenvalue weighted by Crippen LogP contribution is 2.33. The van der Waals surface area contributed by atoms with Crippen LogP contribution in [0.15, 0.2) is 0 Å². The Kier molecular flexibility index (Phi) is 3.80. The lowest BCUT2D eigenvalue weighted by atomic mass is 9.79. The van der Waals surface area contributed by atoms with Crippen LogP contribution in [0.4, 0.5) is 5.13 Å². The van der Waals surface area contributed by atoms with Crippen LogP contribution in [0.1, 0.15) is 30.7 Å². The van der Waals surface area contributed by atoms with Crippen molar-refractivity contribution in [2.45, 2.75) is 32.6 Å². The molecule has 1 aromatic heterocycles. The van der Waals surface area contributed by atoms with Crippen LogP contribution in [0.3, 0.4) is 0 Å². The normalized spacial score (nSPS) is 23.5.